The molecule has 1 unspecified atom stereocenters. The standard InChI is InChI=1S/C16H21N5OS/c1-11(16-12(2)19-20-23-16)18-14-5-3-4-13(8-14)9-21-7-6-17-15(22)10-21/h3-5,8,11,18H,6-7,9-10H2,1-2H3,(H,17,22). The van der Waals surface area contributed by atoms with E-state index in [2.05, 4.69) is 50.2 Å². The van der Waals surface area contributed by atoms with Crippen LogP contribution in [0.15, 0.2) is 24.3 Å². The number of nitrogens with zero attached hydrogens (tertiary/aromatic N) is 3. The Hall–Kier alpha value is -1.99. The molecule has 23 heavy (non-hydrogen) atoms. The number of aryl methyl sites for hydroxylation is 1. The van der Waals surface area contributed by atoms with Crippen LogP contribution in [-0.4, -0.2) is 40.0 Å². The molecule has 2 N–H and O–H groups in total. The van der Waals surface area contributed by atoms with Crippen LogP contribution in [0.1, 0.15) is 29.1 Å². The van der Waals surface area contributed by atoms with Gasteiger partial charge in [-0.2, -0.15) is 0 Å². The Bertz CT molecular complexity index is 687. The summed E-state index contributed by atoms with van der Waals surface area (Å²) in [7, 11) is 0. The second-order valence-corrected chi connectivity index (χ2v) is 6.64. The van der Waals surface area contributed by atoms with E-state index < -0.39 is 0 Å². The van der Waals surface area contributed by atoms with E-state index in [1.807, 2.05) is 13.0 Å². The Morgan fingerprint density at radius 1 is 1.48 bits per heavy atom. The largest absolute Gasteiger partial charge is 0.378 e. The third-order valence-corrected chi connectivity index (χ3v) is 4.92. The zero-order chi connectivity index (χ0) is 16.2. The number of benzene rings is 1. The minimum Gasteiger partial charge on any atom is -0.378 e. The van der Waals surface area contributed by atoms with Crippen molar-refractivity contribution in [2.24, 2.45) is 0 Å². The number of hydrogen-bond acceptors (Lipinski definition) is 6. The minimum atomic E-state index is 0.104. The van der Waals surface area contributed by atoms with Crippen molar-refractivity contribution in [3.8, 4) is 0 Å². The van der Waals surface area contributed by atoms with Crippen LogP contribution in [0.4, 0.5) is 5.69 Å². The van der Waals surface area contributed by atoms with E-state index in [0.29, 0.717) is 6.54 Å². The number of rotatable bonds is 5. The first-order valence-electron chi connectivity index (χ1n) is 7.75. The molecule has 0 spiro atoms. The molecule has 2 aromatic rings. The van der Waals surface area contributed by atoms with Crippen LogP contribution < -0.4 is 10.6 Å². The summed E-state index contributed by atoms with van der Waals surface area (Å²) < 4.78 is 3.99. The third-order valence-electron chi connectivity index (χ3n) is 3.91. The van der Waals surface area contributed by atoms with Crippen molar-refractivity contribution < 1.29 is 4.79 Å². The van der Waals surface area contributed by atoms with Gasteiger partial charge in [0.25, 0.3) is 0 Å². The molecule has 1 aliphatic rings. The molecule has 1 atom stereocenters. The molecule has 1 aromatic heterocycles. The topological polar surface area (TPSA) is 70.2 Å². The fourth-order valence-electron chi connectivity index (χ4n) is 2.79. The Kier molecular flexibility index (Phi) is 4.88. The molecule has 2 heterocycles. The van der Waals surface area contributed by atoms with Crippen LogP contribution in [-0.2, 0) is 11.3 Å². The fourth-order valence-corrected chi connectivity index (χ4v) is 3.43. The zero-order valence-electron chi connectivity index (χ0n) is 13.4. The van der Waals surface area contributed by atoms with Crippen molar-refractivity contribution in [1.82, 2.24) is 19.8 Å². The lowest BCUT2D eigenvalue weighted by molar-refractivity contribution is -0.124. The maximum atomic E-state index is 11.5. The average Bonchev–Trinajstić information content (AvgIpc) is 2.94. The normalized spacial score (nSPS) is 16.9. The molecule has 0 bridgehead atoms. The number of nitrogens with one attached hydrogen (secondary N) is 2. The third kappa shape index (κ3) is 4.05. The minimum absolute atomic E-state index is 0.104. The number of amides is 1. The molecule has 1 aromatic carbocycles. The summed E-state index contributed by atoms with van der Waals surface area (Å²) in [6.07, 6.45) is 0. The van der Waals surface area contributed by atoms with Crippen LogP contribution in [0.2, 0.25) is 0 Å². The lowest BCUT2D eigenvalue weighted by Crippen LogP contribution is -2.47. The molecule has 1 fully saturated rings. The fraction of sp³-hybridized carbons (Fsp3) is 0.438. The Balaban J connectivity index is 1.65. The number of piperazine rings is 1. The van der Waals surface area contributed by atoms with Gasteiger partial charge in [-0.3, -0.25) is 9.69 Å². The van der Waals surface area contributed by atoms with E-state index >= 15 is 0 Å². The molecule has 7 heteroatoms. The van der Waals surface area contributed by atoms with Gasteiger partial charge in [0.1, 0.15) is 0 Å². The van der Waals surface area contributed by atoms with Gasteiger partial charge in [0, 0.05) is 25.3 Å². The van der Waals surface area contributed by atoms with Crippen molar-refractivity contribution in [3.63, 3.8) is 0 Å². The van der Waals surface area contributed by atoms with Crippen LogP contribution in [0.5, 0.6) is 0 Å². The molecule has 0 aliphatic carbocycles. The Morgan fingerprint density at radius 2 is 2.35 bits per heavy atom. The van der Waals surface area contributed by atoms with Crippen LogP contribution >= 0.6 is 11.5 Å². The number of aromatic nitrogens is 2. The summed E-state index contributed by atoms with van der Waals surface area (Å²) in [6.45, 7) is 6.98. The lowest BCUT2D eigenvalue weighted by Gasteiger charge is -2.26. The van der Waals surface area contributed by atoms with E-state index in [9.17, 15) is 4.79 Å². The first kappa shape index (κ1) is 15.9. The van der Waals surface area contributed by atoms with Gasteiger partial charge in [0.2, 0.25) is 5.91 Å². The number of anilines is 1. The SMILES string of the molecule is Cc1nnsc1C(C)Nc1cccc(CN2CCNC(=O)C2)c1. The molecule has 0 radical (unpaired) electrons. The molecule has 3 rings (SSSR count). The summed E-state index contributed by atoms with van der Waals surface area (Å²) in [4.78, 5) is 14.8. The zero-order valence-corrected chi connectivity index (χ0v) is 14.2. The van der Waals surface area contributed by atoms with Gasteiger partial charge in [-0.1, -0.05) is 16.6 Å². The molecule has 0 saturated carbocycles. The summed E-state index contributed by atoms with van der Waals surface area (Å²) in [5.74, 6) is 0.104. The highest BCUT2D eigenvalue weighted by molar-refractivity contribution is 7.05. The molecular formula is C16H21N5OS. The molecule has 122 valence electrons. The Labute approximate surface area is 140 Å². The van der Waals surface area contributed by atoms with E-state index in [4.69, 9.17) is 0 Å². The van der Waals surface area contributed by atoms with Crippen LogP contribution in [0, 0.1) is 6.92 Å². The number of carbonyl (C=O) groups is 1. The van der Waals surface area contributed by atoms with Gasteiger partial charge in [-0.15, -0.1) is 5.10 Å². The highest BCUT2D eigenvalue weighted by Gasteiger charge is 2.16. The predicted octanol–water partition coefficient (Wildman–Crippen LogP) is 1.95. The second-order valence-electron chi connectivity index (χ2n) is 5.85. The van der Waals surface area contributed by atoms with Crippen molar-refractivity contribution in [1.29, 1.82) is 0 Å². The summed E-state index contributed by atoms with van der Waals surface area (Å²) in [5, 5.41) is 10.4. The van der Waals surface area contributed by atoms with Crippen LogP contribution in [0.3, 0.4) is 0 Å². The average molecular weight is 331 g/mol. The second kappa shape index (κ2) is 7.06. The van der Waals surface area contributed by atoms with Gasteiger partial charge in [0.15, 0.2) is 0 Å². The van der Waals surface area contributed by atoms with E-state index in [1.54, 1.807) is 0 Å². The molecule has 1 saturated heterocycles. The molecule has 1 amide bonds. The van der Waals surface area contributed by atoms with Crippen molar-refractivity contribution in [2.45, 2.75) is 26.4 Å². The van der Waals surface area contributed by atoms with Gasteiger partial charge < -0.3 is 10.6 Å². The van der Waals surface area contributed by atoms with E-state index in [1.165, 1.54) is 17.1 Å². The quantitative estimate of drug-likeness (QED) is 0.876. The van der Waals surface area contributed by atoms with E-state index in [0.717, 1.165) is 35.9 Å². The van der Waals surface area contributed by atoms with E-state index in [-0.39, 0.29) is 11.9 Å². The van der Waals surface area contributed by atoms with Gasteiger partial charge in [0.05, 0.1) is 23.2 Å². The van der Waals surface area contributed by atoms with Gasteiger partial charge in [-0.25, -0.2) is 0 Å². The van der Waals surface area contributed by atoms with Crippen molar-refractivity contribution >= 4 is 23.1 Å². The first-order chi connectivity index (χ1) is 11.1. The smallest absolute Gasteiger partial charge is 0.234 e. The first-order valence-corrected chi connectivity index (χ1v) is 8.52. The summed E-state index contributed by atoms with van der Waals surface area (Å²) >= 11 is 1.43. The monoisotopic (exact) mass is 331 g/mol. The van der Waals surface area contributed by atoms with Crippen molar-refractivity contribution in [2.75, 3.05) is 25.0 Å². The lowest BCUT2D eigenvalue weighted by atomic mass is 10.1. The molecule has 1 aliphatic heterocycles. The molecule has 6 nitrogen and oxygen atoms in total. The number of hydrogen-bond donors (Lipinski definition) is 2. The van der Waals surface area contributed by atoms with Crippen LogP contribution in [0.25, 0.3) is 0 Å². The van der Waals surface area contributed by atoms with Crippen molar-refractivity contribution in [3.05, 3.63) is 40.4 Å². The highest BCUT2D eigenvalue weighted by atomic mass is 32.1. The molecular weight excluding hydrogens is 310 g/mol. The predicted molar refractivity (Wildman–Crippen MR) is 91.4 cm³/mol. The summed E-state index contributed by atoms with van der Waals surface area (Å²) in [5.41, 5.74) is 3.26. The number of carbonyl (C=O) groups excluding carboxylic acids is 1. The van der Waals surface area contributed by atoms with Gasteiger partial charge in [-0.05, 0) is 43.1 Å². The maximum absolute atomic E-state index is 11.5. The maximum Gasteiger partial charge on any atom is 0.234 e. The Morgan fingerprint density at radius 3 is 3.09 bits per heavy atom. The summed E-state index contributed by atoms with van der Waals surface area (Å²) in [6, 6.07) is 8.53. The highest BCUT2D eigenvalue weighted by Crippen LogP contribution is 2.24. The van der Waals surface area contributed by atoms with Gasteiger partial charge >= 0.3 is 0 Å².